The van der Waals surface area contributed by atoms with Gasteiger partial charge in [0.05, 0.1) is 25.8 Å². The van der Waals surface area contributed by atoms with Crippen LogP contribution in [-0.2, 0) is 4.79 Å². The molecule has 0 aromatic heterocycles. The van der Waals surface area contributed by atoms with E-state index in [9.17, 15) is 9.90 Å². The molecule has 0 fully saturated rings. The van der Waals surface area contributed by atoms with Crippen LogP contribution in [0.15, 0.2) is 29.2 Å². The number of aliphatic hydroxyl groups is 3. The van der Waals surface area contributed by atoms with Crippen LogP contribution >= 0.6 is 11.8 Å². The molecule has 0 spiro atoms. The van der Waals surface area contributed by atoms with Gasteiger partial charge in [-0.2, -0.15) is 0 Å². The van der Waals surface area contributed by atoms with Crippen molar-refractivity contribution >= 4 is 17.7 Å². The van der Waals surface area contributed by atoms with E-state index in [2.05, 4.69) is 0 Å². The zero-order chi connectivity index (χ0) is 16.8. The summed E-state index contributed by atoms with van der Waals surface area (Å²) in [5.41, 5.74) is 1.17. The Bertz CT molecular complexity index is 385. The van der Waals surface area contributed by atoms with Crippen molar-refractivity contribution in [2.45, 2.75) is 11.8 Å². The Balaban J connectivity index is 0.000000409. The fourth-order valence-electron chi connectivity index (χ4n) is 1.63. The standard InChI is InChI=1S/C9H10O2S.C6H15NO3/c1-7-2-4-8(5-3-7)12-6-9(10)11;8-4-1-7(2-5-9)3-6-10/h2-5H,6H2,1H3,(H,10,11);8-10H,1-6H2. The van der Waals surface area contributed by atoms with Gasteiger partial charge < -0.3 is 30.1 Å². The molecule has 0 aliphatic rings. The summed E-state index contributed by atoms with van der Waals surface area (Å²) in [4.78, 5) is 12.1. The van der Waals surface area contributed by atoms with Crippen LogP contribution in [0.25, 0.3) is 0 Å². The molecule has 126 valence electrons. The first kappa shape index (κ1) is 20.9. The van der Waals surface area contributed by atoms with Gasteiger partial charge in [0.15, 0.2) is 0 Å². The highest BCUT2D eigenvalue weighted by Gasteiger charge is 2.03. The molecule has 0 bridgehead atoms. The first-order chi connectivity index (χ1) is 10.5. The van der Waals surface area contributed by atoms with E-state index in [4.69, 9.17) is 15.3 Å². The number of thioether (sulfide) groups is 1. The first-order valence-corrected chi connectivity index (χ1v) is 8.07. The molecule has 0 radical (unpaired) electrons. The Hall–Kier alpha value is -1.12. The maximum Gasteiger partial charge on any atom is 0.101 e. The third kappa shape index (κ3) is 11.5. The van der Waals surface area contributed by atoms with Crippen LogP contribution in [0.1, 0.15) is 5.56 Å². The third-order valence-electron chi connectivity index (χ3n) is 2.77. The van der Waals surface area contributed by atoms with Gasteiger partial charge in [-0.25, -0.2) is 0 Å². The number of quaternary nitrogens is 1. The van der Waals surface area contributed by atoms with E-state index in [-0.39, 0.29) is 25.6 Å². The second-order valence-electron chi connectivity index (χ2n) is 4.64. The van der Waals surface area contributed by atoms with E-state index in [0.717, 1.165) is 9.80 Å². The number of carboxylic acid groups (broad SMARTS) is 1. The molecular formula is C15H25NO5S. The van der Waals surface area contributed by atoms with Crippen LogP contribution in [-0.4, -0.2) is 66.5 Å². The molecule has 0 saturated heterocycles. The third-order valence-corrected chi connectivity index (χ3v) is 3.76. The van der Waals surface area contributed by atoms with Crippen LogP contribution in [0.4, 0.5) is 0 Å². The number of aryl methyl sites for hydroxylation is 1. The van der Waals surface area contributed by atoms with Gasteiger partial charge in [-0.3, -0.25) is 0 Å². The second kappa shape index (κ2) is 13.5. The summed E-state index contributed by atoms with van der Waals surface area (Å²) in [6.45, 7) is 4.11. The summed E-state index contributed by atoms with van der Waals surface area (Å²) in [6.07, 6.45) is 0. The van der Waals surface area contributed by atoms with Gasteiger partial charge in [-0.15, -0.1) is 11.8 Å². The first-order valence-electron chi connectivity index (χ1n) is 7.09. The zero-order valence-corrected chi connectivity index (χ0v) is 13.6. The normalized spacial score (nSPS) is 10.2. The highest BCUT2D eigenvalue weighted by molar-refractivity contribution is 8.00. The van der Waals surface area contributed by atoms with E-state index in [0.29, 0.717) is 19.6 Å². The lowest BCUT2D eigenvalue weighted by atomic mass is 10.2. The quantitative estimate of drug-likeness (QED) is 0.379. The van der Waals surface area contributed by atoms with Gasteiger partial charge in [0.1, 0.15) is 19.6 Å². The number of aliphatic carboxylic acids is 1. The maximum atomic E-state index is 10.1. The predicted octanol–water partition coefficient (Wildman–Crippen LogP) is -2.31. The highest BCUT2D eigenvalue weighted by Crippen LogP contribution is 2.17. The molecule has 1 rings (SSSR count). The van der Waals surface area contributed by atoms with E-state index >= 15 is 0 Å². The number of nitrogens with one attached hydrogen (secondary N) is 1. The fourth-order valence-corrected chi connectivity index (χ4v) is 2.24. The van der Waals surface area contributed by atoms with Crippen LogP contribution < -0.4 is 10.0 Å². The summed E-state index contributed by atoms with van der Waals surface area (Å²) in [5.74, 6) is -1.01. The van der Waals surface area contributed by atoms with E-state index < -0.39 is 5.97 Å². The second-order valence-corrected chi connectivity index (χ2v) is 5.69. The Kier molecular flexibility index (Phi) is 12.8. The number of benzene rings is 1. The van der Waals surface area contributed by atoms with Crippen molar-refractivity contribution in [3.63, 3.8) is 0 Å². The fraction of sp³-hybridized carbons (Fsp3) is 0.533. The lowest BCUT2D eigenvalue weighted by molar-refractivity contribution is -0.901. The minimum atomic E-state index is -1.03. The summed E-state index contributed by atoms with van der Waals surface area (Å²) in [7, 11) is 0. The lowest BCUT2D eigenvalue weighted by Crippen LogP contribution is -3.13. The lowest BCUT2D eigenvalue weighted by Gasteiger charge is -2.15. The molecule has 22 heavy (non-hydrogen) atoms. The molecule has 0 unspecified atom stereocenters. The van der Waals surface area contributed by atoms with Crippen LogP contribution in [0, 0.1) is 6.92 Å². The van der Waals surface area contributed by atoms with Crippen molar-refractivity contribution in [1.29, 1.82) is 0 Å². The van der Waals surface area contributed by atoms with Gasteiger partial charge in [-0.1, -0.05) is 17.7 Å². The highest BCUT2D eigenvalue weighted by atomic mass is 32.2. The molecule has 0 heterocycles. The summed E-state index contributed by atoms with van der Waals surface area (Å²) in [5, 5.41) is 35.6. The van der Waals surface area contributed by atoms with Crippen molar-refractivity contribution in [2.24, 2.45) is 0 Å². The number of carbonyl (C=O) groups is 1. The average molecular weight is 331 g/mol. The van der Waals surface area contributed by atoms with Crippen LogP contribution in [0.3, 0.4) is 0 Å². The number of rotatable bonds is 9. The van der Waals surface area contributed by atoms with Crippen molar-refractivity contribution in [3.8, 4) is 0 Å². The van der Waals surface area contributed by atoms with Crippen molar-refractivity contribution in [1.82, 2.24) is 0 Å². The van der Waals surface area contributed by atoms with Gasteiger partial charge in [0.25, 0.3) is 0 Å². The Morgan fingerprint density at radius 1 is 1.05 bits per heavy atom. The SMILES string of the molecule is Cc1ccc(SCC(=O)[O-])cc1.OCC[NH+](CCO)CCO. The Morgan fingerprint density at radius 3 is 1.86 bits per heavy atom. The number of hydrogen-bond acceptors (Lipinski definition) is 6. The molecule has 0 saturated carbocycles. The maximum absolute atomic E-state index is 10.1. The number of aliphatic hydroxyl groups excluding tert-OH is 3. The molecule has 4 N–H and O–H groups in total. The molecule has 1 aromatic rings. The minimum Gasteiger partial charge on any atom is -0.549 e. The van der Waals surface area contributed by atoms with E-state index in [1.54, 1.807) is 0 Å². The van der Waals surface area contributed by atoms with Crippen molar-refractivity contribution in [3.05, 3.63) is 29.8 Å². The number of carboxylic acids is 1. The minimum absolute atomic E-state index is 0.0169. The van der Waals surface area contributed by atoms with E-state index in [1.807, 2.05) is 31.2 Å². The van der Waals surface area contributed by atoms with E-state index in [1.165, 1.54) is 17.3 Å². The van der Waals surface area contributed by atoms with Gasteiger partial charge >= 0.3 is 0 Å². The zero-order valence-electron chi connectivity index (χ0n) is 12.8. The summed E-state index contributed by atoms with van der Waals surface area (Å²) in [6, 6.07) is 7.72. The van der Waals surface area contributed by atoms with Crippen LogP contribution in [0.5, 0.6) is 0 Å². The van der Waals surface area contributed by atoms with Gasteiger partial charge in [0.2, 0.25) is 0 Å². The van der Waals surface area contributed by atoms with Crippen molar-refractivity contribution in [2.75, 3.05) is 45.2 Å². The molecule has 0 atom stereocenters. The summed E-state index contributed by atoms with van der Waals surface area (Å²) < 4.78 is 0. The molecular weight excluding hydrogens is 306 g/mol. The topological polar surface area (TPSA) is 105 Å². The Labute approximate surface area is 135 Å². The van der Waals surface area contributed by atoms with Gasteiger partial charge in [-0.05, 0) is 19.1 Å². The smallest absolute Gasteiger partial charge is 0.101 e. The predicted molar refractivity (Wildman–Crippen MR) is 83.7 cm³/mol. The molecule has 0 amide bonds. The molecule has 1 aromatic carbocycles. The molecule has 0 aliphatic carbocycles. The van der Waals surface area contributed by atoms with Gasteiger partial charge in [0, 0.05) is 10.6 Å². The van der Waals surface area contributed by atoms with Crippen molar-refractivity contribution < 1.29 is 30.1 Å². The average Bonchev–Trinajstić information content (AvgIpc) is 2.48. The largest absolute Gasteiger partial charge is 0.549 e. The monoisotopic (exact) mass is 331 g/mol. The number of carbonyl (C=O) groups excluding carboxylic acids is 1. The van der Waals surface area contributed by atoms with Crippen LogP contribution in [0.2, 0.25) is 0 Å². The molecule has 7 heteroatoms. The molecule has 0 aliphatic heterocycles. The molecule has 6 nitrogen and oxygen atoms in total. The number of hydrogen-bond donors (Lipinski definition) is 4. The Morgan fingerprint density at radius 2 is 1.50 bits per heavy atom. The summed E-state index contributed by atoms with van der Waals surface area (Å²) >= 11 is 1.28.